The van der Waals surface area contributed by atoms with Crippen molar-refractivity contribution in [2.75, 3.05) is 25.0 Å². The van der Waals surface area contributed by atoms with E-state index in [1.807, 2.05) is 6.07 Å². The van der Waals surface area contributed by atoms with Crippen molar-refractivity contribution in [2.45, 2.75) is 23.8 Å². The highest BCUT2D eigenvalue weighted by Crippen LogP contribution is 2.38. The van der Waals surface area contributed by atoms with E-state index in [1.165, 1.54) is 45.6 Å². The zero-order valence-electron chi connectivity index (χ0n) is 19.2. The van der Waals surface area contributed by atoms with E-state index in [0.29, 0.717) is 29.9 Å². The van der Waals surface area contributed by atoms with Crippen LogP contribution in [0.4, 0.5) is 10.1 Å². The molecule has 2 aliphatic heterocycles. The van der Waals surface area contributed by atoms with Gasteiger partial charge in [0.05, 0.1) is 10.9 Å². The summed E-state index contributed by atoms with van der Waals surface area (Å²) >= 11 is 3.46. The fraction of sp³-hybridized carbons (Fsp3) is 0.231. The molecule has 0 bridgehead atoms. The third-order valence-electron chi connectivity index (χ3n) is 6.46. The summed E-state index contributed by atoms with van der Waals surface area (Å²) in [6.45, 7) is 0.738. The lowest BCUT2D eigenvalue weighted by Crippen LogP contribution is -2.39. The first kappa shape index (κ1) is 24.6. The summed E-state index contributed by atoms with van der Waals surface area (Å²) in [5.74, 6) is -1.23. The van der Waals surface area contributed by atoms with Crippen molar-refractivity contribution in [2.24, 2.45) is 0 Å². The van der Waals surface area contributed by atoms with E-state index in [9.17, 15) is 22.4 Å². The minimum atomic E-state index is -3.62. The molecule has 10 heteroatoms. The van der Waals surface area contributed by atoms with Gasteiger partial charge in [0.25, 0.3) is 5.91 Å². The van der Waals surface area contributed by atoms with Crippen molar-refractivity contribution < 1.29 is 22.4 Å². The second-order valence-corrected chi connectivity index (χ2v) is 11.7. The Morgan fingerprint density at radius 2 is 1.64 bits per heavy atom. The van der Waals surface area contributed by atoms with Gasteiger partial charge in [-0.3, -0.25) is 9.59 Å². The third kappa shape index (κ3) is 4.68. The number of carbonyl (C=O) groups excluding carboxylic acids is 2. The molecule has 186 valence electrons. The topological polar surface area (TPSA) is 86.8 Å². The number of fused-ring (bicyclic) bond motifs is 1. The first-order valence-corrected chi connectivity index (χ1v) is 13.7. The smallest absolute Gasteiger partial charge is 0.255 e. The number of anilines is 1. The van der Waals surface area contributed by atoms with Gasteiger partial charge >= 0.3 is 0 Å². The van der Waals surface area contributed by atoms with Crippen LogP contribution in [-0.2, 0) is 14.8 Å². The molecule has 0 saturated carbocycles. The van der Waals surface area contributed by atoms with Crippen LogP contribution in [0.2, 0.25) is 0 Å². The van der Waals surface area contributed by atoms with Crippen molar-refractivity contribution in [3.8, 4) is 0 Å². The van der Waals surface area contributed by atoms with E-state index in [-0.39, 0.29) is 22.9 Å². The number of benzene rings is 3. The number of carbonyl (C=O) groups is 2. The SMILES string of the molecule is O=C1CN(C(=O)c2ccc(S(=O)(=O)N3CCCC3)cc2)[C@@H](c2ccc(F)cc2)c2cc(Br)ccc2N1. The van der Waals surface area contributed by atoms with Crippen molar-refractivity contribution in [1.29, 1.82) is 0 Å². The summed E-state index contributed by atoms with van der Waals surface area (Å²) in [6.07, 6.45) is 1.66. The molecule has 5 rings (SSSR count). The van der Waals surface area contributed by atoms with Gasteiger partial charge in [-0.15, -0.1) is 0 Å². The lowest BCUT2D eigenvalue weighted by Gasteiger charge is -2.31. The van der Waals surface area contributed by atoms with Crippen LogP contribution in [0, 0.1) is 5.82 Å². The number of hydrogen-bond acceptors (Lipinski definition) is 4. The van der Waals surface area contributed by atoms with Crippen molar-refractivity contribution >= 4 is 43.5 Å². The van der Waals surface area contributed by atoms with Crippen LogP contribution >= 0.6 is 15.9 Å². The van der Waals surface area contributed by atoms with Gasteiger partial charge in [-0.1, -0.05) is 28.1 Å². The molecule has 1 N–H and O–H groups in total. The molecule has 0 aliphatic carbocycles. The summed E-state index contributed by atoms with van der Waals surface area (Å²) in [7, 11) is -3.62. The van der Waals surface area contributed by atoms with Crippen LogP contribution in [0.5, 0.6) is 0 Å². The molecule has 2 heterocycles. The average Bonchev–Trinajstić information content (AvgIpc) is 3.37. The zero-order valence-corrected chi connectivity index (χ0v) is 21.6. The Morgan fingerprint density at radius 3 is 2.31 bits per heavy atom. The molecule has 1 saturated heterocycles. The summed E-state index contributed by atoms with van der Waals surface area (Å²) < 4.78 is 41.7. The second-order valence-electron chi connectivity index (χ2n) is 8.80. The van der Waals surface area contributed by atoms with Crippen molar-refractivity contribution in [3.05, 3.63) is 93.7 Å². The Morgan fingerprint density at radius 1 is 0.972 bits per heavy atom. The predicted molar refractivity (Wildman–Crippen MR) is 136 cm³/mol. The molecular formula is C26H23BrFN3O4S. The van der Waals surface area contributed by atoms with Crippen LogP contribution < -0.4 is 5.32 Å². The van der Waals surface area contributed by atoms with Crippen LogP contribution in [0.25, 0.3) is 0 Å². The highest BCUT2D eigenvalue weighted by atomic mass is 79.9. The zero-order chi connectivity index (χ0) is 25.4. The Kier molecular flexibility index (Phi) is 6.67. The Hall–Kier alpha value is -3.08. The van der Waals surface area contributed by atoms with Gasteiger partial charge in [0.1, 0.15) is 12.4 Å². The summed E-state index contributed by atoms with van der Waals surface area (Å²) in [4.78, 5) is 28.1. The predicted octanol–water partition coefficient (Wildman–Crippen LogP) is 4.56. The molecule has 7 nitrogen and oxygen atoms in total. The fourth-order valence-corrected chi connectivity index (χ4v) is 6.58. The Balaban J connectivity index is 1.54. The fourth-order valence-electron chi connectivity index (χ4n) is 4.68. The Bertz CT molecular complexity index is 1420. The second kappa shape index (κ2) is 9.76. The van der Waals surface area contributed by atoms with Crippen LogP contribution in [0.3, 0.4) is 0 Å². The number of sulfonamides is 1. The van der Waals surface area contributed by atoms with Gasteiger partial charge in [-0.2, -0.15) is 4.31 Å². The van der Waals surface area contributed by atoms with Gasteiger partial charge in [0.15, 0.2) is 0 Å². The molecule has 0 spiro atoms. The van der Waals surface area contributed by atoms with E-state index in [2.05, 4.69) is 21.2 Å². The van der Waals surface area contributed by atoms with Crippen LogP contribution in [0.15, 0.2) is 76.1 Å². The first-order valence-electron chi connectivity index (χ1n) is 11.5. The van der Waals surface area contributed by atoms with E-state index in [0.717, 1.165) is 17.3 Å². The molecule has 3 aromatic rings. The first-order chi connectivity index (χ1) is 17.2. The van der Waals surface area contributed by atoms with Crippen LogP contribution in [0.1, 0.15) is 40.4 Å². The maximum Gasteiger partial charge on any atom is 0.255 e. The molecular weight excluding hydrogens is 549 g/mol. The van der Waals surface area contributed by atoms with E-state index >= 15 is 0 Å². The van der Waals surface area contributed by atoms with Crippen LogP contribution in [-0.4, -0.2) is 49.1 Å². The number of nitrogens with zero attached hydrogens (tertiary/aromatic N) is 2. The maximum absolute atomic E-state index is 13.8. The molecule has 36 heavy (non-hydrogen) atoms. The molecule has 0 unspecified atom stereocenters. The van der Waals surface area contributed by atoms with E-state index < -0.39 is 27.8 Å². The lowest BCUT2D eigenvalue weighted by molar-refractivity contribution is -0.117. The Labute approximate surface area is 217 Å². The van der Waals surface area contributed by atoms with Gasteiger partial charge in [-0.05, 0) is 73.0 Å². The summed E-state index contributed by atoms with van der Waals surface area (Å²) in [6, 6.07) is 16.3. The van der Waals surface area contributed by atoms with Crippen molar-refractivity contribution in [1.82, 2.24) is 9.21 Å². The number of rotatable bonds is 4. The number of halogens is 2. The molecule has 0 aromatic heterocycles. The number of amides is 2. The highest BCUT2D eigenvalue weighted by Gasteiger charge is 2.34. The molecule has 2 amide bonds. The largest absolute Gasteiger partial charge is 0.324 e. The average molecular weight is 572 g/mol. The normalized spacial score (nSPS) is 18.4. The third-order valence-corrected chi connectivity index (χ3v) is 8.86. The standard InChI is InChI=1S/C26H23BrFN3O4S/c27-19-7-12-23-22(15-19)25(17-3-8-20(28)9-4-17)31(16-24(32)29-23)26(33)18-5-10-21(11-6-18)36(34,35)30-13-1-2-14-30/h3-12,15,25H,1-2,13-14,16H2,(H,29,32)/t25-/m0/s1. The number of hydrogen-bond donors (Lipinski definition) is 1. The van der Waals surface area contributed by atoms with Gasteiger partial charge in [0, 0.05) is 34.4 Å². The highest BCUT2D eigenvalue weighted by molar-refractivity contribution is 9.10. The molecule has 1 fully saturated rings. The van der Waals surface area contributed by atoms with E-state index in [4.69, 9.17) is 0 Å². The molecule has 2 aliphatic rings. The lowest BCUT2D eigenvalue weighted by atomic mass is 9.95. The summed E-state index contributed by atoms with van der Waals surface area (Å²) in [5, 5.41) is 2.84. The maximum atomic E-state index is 13.8. The quantitative estimate of drug-likeness (QED) is 0.497. The van der Waals surface area contributed by atoms with Gasteiger partial charge in [-0.25, -0.2) is 12.8 Å². The van der Waals surface area contributed by atoms with Gasteiger partial charge in [0.2, 0.25) is 15.9 Å². The number of nitrogens with one attached hydrogen (secondary N) is 1. The minimum Gasteiger partial charge on any atom is -0.324 e. The monoisotopic (exact) mass is 571 g/mol. The molecule has 1 atom stereocenters. The molecule has 3 aromatic carbocycles. The summed E-state index contributed by atoms with van der Waals surface area (Å²) in [5.41, 5.74) is 2.10. The van der Waals surface area contributed by atoms with Crippen molar-refractivity contribution in [3.63, 3.8) is 0 Å². The minimum absolute atomic E-state index is 0.124. The van der Waals surface area contributed by atoms with E-state index in [1.54, 1.807) is 24.3 Å². The van der Waals surface area contributed by atoms with Gasteiger partial charge < -0.3 is 10.2 Å². The molecule has 0 radical (unpaired) electrons.